The Hall–Kier alpha value is -6.10. The molecule has 2 amide bonds. The van der Waals surface area contributed by atoms with Crippen molar-refractivity contribution in [1.29, 1.82) is 0 Å². The molecule has 4 aromatic rings. The fourth-order valence-electron chi connectivity index (χ4n) is 5.33. The van der Waals surface area contributed by atoms with E-state index in [0.29, 0.717) is 57.0 Å². The highest BCUT2D eigenvalue weighted by atomic mass is 16.5. The molecule has 0 spiro atoms. The van der Waals surface area contributed by atoms with E-state index in [4.69, 9.17) is 34.2 Å². The van der Waals surface area contributed by atoms with E-state index in [0.717, 1.165) is 22.3 Å². The lowest BCUT2D eigenvalue weighted by Gasteiger charge is -2.24. The van der Waals surface area contributed by atoms with Crippen LogP contribution in [0.1, 0.15) is 20.7 Å². The molecule has 0 radical (unpaired) electrons. The van der Waals surface area contributed by atoms with Crippen LogP contribution in [-0.4, -0.2) is 65.9 Å². The van der Waals surface area contributed by atoms with Crippen molar-refractivity contribution in [2.75, 3.05) is 49.2 Å². The van der Waals surface area contributed by atoms with Crippen LogP contribution in [0.5, 0.6) is 34.5 Å². The number of allylic oxidation sites excluding steroid dienone is 1. The third kappa shape index (κ3) is 6.70. The first kappa shape index (κ1) is 33.3. The maximum absolute atomic E-state index is 13.3. The monoisotopic (exact) mass is 651 g/mol. The molecule has 3 N–H and O–H groups in total. The van der Waals surface area contributed by atoms with Crippen LogP contribution in [0.3, 0.4) is 0 Å². The summed E-state index contributed by atoms with van der Waals surface area (Å²) in [7, 11) is 9.33. The van der Waals surface area contributed by atoms with E-state index in [2.05, 4.69) is 5.32 Å². The van der Waals surface area contributed by atoms with Crippen molar-refractivity contribution in [1.82, 2.24) is 10.2 Å². The number of benzene rings is 4. The number of hydrogen-bond donors (Lipinski definition) is 2. The van der Waals surface area contributed by atoms with Gasteiger partial charge in [0.15, 0.2) is 23.0 Å². The summed E-state index contributed by atoms with van der Waals surface area (Å²) in [6, 6.07) is 21.6. The molecule has 5 rings (SSSR count). The van der Waals surface area contributed by atoms with Gasteiger partial charge in [-0.15, -0.1) is 0 Å². The van der Waals surface area contributed by atoms with E-state index in [-0.39, 0.29) is 18.4 Å². The standard InChI is InChI=1S/C37H37N3O8/c1-43-30-17-26(18-31(44-2)34(30)47-5)22-7-11-24(12-8-22)36(41)39-29-15-16-40(21-28(29)38)37(42)25-13-9-23(10-14-25)27-19-32(45-3)35(48-6)33(20-27)46-4/h7-20H,21,38H2,1-6H3,(H,39,41). The predicted molar refractivity (Wildman–Crippen MR) is 182 cm³/mol. The van der Waals surface area contributed by atoms with Crippen molar-refractivity contribution < 1.29 is 38.0 Å². The van der Waals surface area contributed by atoms with E-state index in [1.165, 1.54) is 4.90 Å². The Morgan fingerprint density at radius 1 is 0.604 bits per heavy atom. The molecule has 11 heteroatoms. The number of amides is 2. The molecule has 248 valence electrons. The predicted octanol–water partition coefficient (Wildman–Crippen LogP) is 5.64. The highest BCUT2D eigenvalue weighted by Crippen LogP contribution is 2.42. The molecule has 0 bridgehead atoms. The second-order valence-corrected chi connectivity index (χ2v) is 10.6. The first-order valence-corrected chi connectivity index (χ1v) is 14.8. The molecule has 0 aliphatic carbocycles. The molecule has 0 atom stereocenters. The summed E-state index contributed by atoms with van der Waals surface area (Å²) in [5.74, 6) is 2.54. The van der Waals surface area contributed by atoms with Gasteiger partial charge in [-0.05, 0) is 76.9 Å². The first-order valence-electron chi connectivity index (χ1n) is 14.8. The van der Waals surface area contributed by atoms with Gasteiger partial charge in [0, 0.05) is 17.3 Å². The van der Waals surface area contributed by atoms with Crippen molar-refractivity contribution in [3.63, 3.8) is 0 Å². The fraction of sp³-hybridized carbons (Fsp3) is 0.189. The van der Waals surface area contributed by atoms with E-state index in [1.807, 2.05) is 48.5 Å². The molecule has 4 aromatic carbocycles. The molecule has 1 aliphatic rings. The first-order chi connectivity index (χ1) is 23.2. The summed E-state index contributed by atoms with van der Waals surface area (Å²) in [6.07, 6.45) is 3.22. The Morgan fingerprint density at radius 3 is 1.40 bits per heavy atom. The Kier molecular flexibility index (Phi) is 10.1. The zero-order chi connectivity index (χ0) is 34.4. The molecule has 48 heavy (non-hydrogen) atoms. The molecular weight excluding hydrogens is 614 g/mol. The van der Waals surface area contributed by atoms with Crippen LogP contribution in [0, 0.1) is 0 Å². The zero-order valence-electron chi connectivity index (χ0n) is 27.6. The van der Waals surface area contributed by atoms with Crippen molar-refractivity contribution in [2.45, 2.75) is 0 Å². The van der Waals surface area contributed by atoms with Gasteiger partial charge in [0.25, 0.3) is 11.8 Å². The topological polar surface area (TPSA) is 131 Å². The molecule has 0 saturated carbocycles. The van der Waals surface area contributed by atoms with Crippen molar-refractivity contribution >= 4 is 11.8 Å². The smallest absolute Gasteiger partial charge is 0.258 e. The second-order valence-electron chi connectivity index (χ2n) is 10.6. The van der Waals surface area contributed by atoms with Crippen LogP contribution >= 0.6 is 0 Å². The van der Waals surface area contributed by atoms with Gasteiger partial charge in [0.05, 0.1) is 60.6 Å². The third-order valence-electron chi connectivity index (χ3n) is 7.89. The molecule has 1 heterocycles. The quantitative estimate of drug-likeness (QED) is 0.212. The highest BCUT2D eigenvalue weighted by molar-refractivity contribution is 5.97. The number of nitrogens with zero attached hydrogens (tertiary/aromatic N) is 1. The minimum Gasteiger partial charge on any atom is -0.493 e. The normalized spacial score (nSPS) is 12.3. The van der Waals surface area contributed by atoms with Crippen LogP contribution in [0.2, 0.25) is 0 Å². The summed E-state index contributed by atoms with van der Waals surface area (Å²) in [5.41, 5.74) is 11.4. The number of nitrogens with two attached hydrogens (primary N) is 1. The van der Waals surface area contributed by atoms with Crippen LogP contribution in [-0.2, 0) is 0 Å². The van der Waals surface area contributed by atoms with Gasteiger partial charge in [-0.25, -0.2) is 0 Å². The van der Waals surface area contributed by atoms with Crippen LogP contribution in [0.4, 0.5) is 0 Å². The average molecular weight is 652 g/mol. The van der Waals surface area contributed by atoms with Gasteiger partial charge in [-0.2, -0.15) is 0 Å². The van der Waals surface area contributed by atoms with E-state index >= 15 is 0 Å². The lowest BCUT2D eigenvalue weighted by molar-refractivity contribution is 0.0829. The van der Waals surface area contributed by atoms with Crippen LogP contribution < -0.4 is 39.5 Å². The van der Waals surface area contributed by atoms with Gasteiger partial charge < -0.3 is 44.4 Å². The molecule has 1 aliphatic heterocycles. The maximum Gasteiger partial charge on any atom is 0.258 e. The summed E-state index contributed by atoms with van der Waals surface area (Å²) in [6.45, 7) is 0.111. The molecule has 0 saturated heterocycles. The van der Waals surface area contributed by atoms with Crippen molar-refractivity contribution in [3.05, 3.63) is 108 Å². The molecule has 11 nitrogen and oxygen atoms in total. The van der Waals surface area contributed by atoms with Crippen LogP contribution in [0.25, 0.3) is 22.3 Å². The number of carbonyl (C=O) groups excluding carboxylic acids is 2. The number of nitrogens with one attached hydrogen (secondary N) is 1. The third-order valence-corrected chi connectivity index (χ3v) is 7.89. The molecular formula is C37H37N3O8. The Balaban J connectivity index is 1.24. The number of methoxy groups -OCH3 is 6. The Morgan fingerprint density at radius 2 is 1.02 bits per heavy atom. The lowest BCUT2D eigenvalue weighted by Crippen LogP contribution is -2.36. The number of carbonyl (C=O) groups is 2. The fourth-order valence-corrected chi connectivity index (χ4v) is 5.33. The van der Waals surface area contributed by atoms with Crippen molar-refractivity contribution in [3.8, 4) is 56.8 Å². The van der Waals surface area contributed by atoms with E-state index in [1.54, 1.807) is 79.2 Å². The lowest BCUT2D eigenvalue weighted by atomic mass is 10.0. The van der Waals surface area contributed by atoms with Gasteiger partial charge in [-0.3, -0.25) is 9.59 Å². The zero-order valence-corrected chi connectivity index (χ0v) is 27.6. The molecule has 0 unspecified atom stereocenters. The van der Waals surface area contributed by atoms with Crippen molar-refractivity contribution in [2.24, 2.45) is 5.73 Å². The van der Waals surface area contributed by atoms with Gasteiger partial charge in [0.1, 0.15) is 0 Å². The van der Waals surface area contributed by atoms with E-state index < -0.39 is 0 Å². The number of rotatable bonds is 11. The Labute approximate surface area is 279 Å². The minimum atomic E-state index is -0.337. The Bertz CT molecular complexity index is 1830. The SMILES string of the molecule is COc1cc(-c2ccc(C(=O)NC3=C(N)CN(C(=O)c4ccc(-c5cc(OC)c(OC)c(OC)c5)cc4)C=C3)cc2)cc(OC)c1OC. The van der Waals surface area contributed by atoms with Crippen LogP contribution in [0.15, 0.2) is 96.5 Å². The summed E-state index contributed by atoms with van der Waals surface area (Å²) in [4.78, 5) is 27.9. The second kappa shape index (κ2) is 14.5. The van der Waals surface area contributed by atoms with E-state index in [9.17, 15) is 9.59 Å². The number of hydrogen-bond acceptors (Lipinski definition) is 9. The molecule has 0 fully saturated rings. The largest absolute Gasteiger partial charge is 0.493 e. The van der Waals surface area contributed by atoms with Gasteiger partial charge in [-0.1, -0.05) is 24.3 Å². The number of ether oxygens (including phenoxy) is 6. The summed E-state index contributed by atoms with van der Waals surface area (Å²) < 4.78 is 32.7. The van der Waals surface area contributed by atoms with Gasteiger partial charge >= 0.3 is 0 Å². The summed E-state index contributed by atoms with van der Waals surface area (Å²) in [5, 5.41) is 2.85. The summed E-state index contributed by atoms with van der Waals surface area (Å²) >= 11 is 0. The molecule has 0 aromatic heterocycles. The average Bonchev–Trinajstić information content (AvgIpc) is 3.13. The highest BCUT2D eigenvalue weighted by Gasteiger charge is 2.21. The minimum absolute atomic E-state index is 0.111. The van der Waals surface area contributed by atoms with Gasteiger partial charge in [0.2, 0.25) is 11.5 Å². The maximum atomic E-state index is 13.3.